The molecule has 0 aliphatic carbocycles. The van der Waals surface area contributed by atoms with Gasteiger partial charge in [0.25, 0.3) is 0 Å². The van der Waals surface area contributed by atoms with Crippen LogP contribution in [0.25, 0.3) is 11.0 Å². The van der Waals surface area contributed by atoms with Crippen LogP contribution in [-0.2, 0) is 19.0 Å². The van der Waals surface area contributed by atoms with E-state index in [2.05, 4.69) is 40.1 Å². The predicted octanol–water partition coefficient (Wildman–Crippen LogP) is 3.23. The lowest BCUT2D eigenvalue weighted by atomic mass is 9.78. The van der Waals surface area contributed by atoms with Crippen molar-refractivity contribution in [3.63, 3.8) is 0 Å². The summed E-state index contributed by atoms with van der Waals surface area (Å²) in [5.74, 6) is 0. The summed E-state index contributed by atoms with van der Waals surface area (Å²) in [6, 6.07) is 8.55. The van der Waals surface area contributed by atoms with E-state index in [-0.39, 0.29) is 5.41 Å². The van der Waals surface area contributed by atoms with Crippen LogP contribution >= 0.6 is 0 Å². The van der Waals surface area contributed by atoms with Crippen LogP contribution in [0.3, 0.4) is 0 Å². The van der Waals surface area contributed by atoms with Gasteiger partial charge < -0.3 is 0 Å². The SMILES string of the molecule is Cc1nn(C)c2nc([C@@]3(C)CCCN(Cc4cccnc4)C3)ccc12. The molecule has 0 bridgehead atoms. The van der Waals surface area contributed by atoms with Crippen LogP contribution in [0.4, 0.5) is 0 Å². The van der Waals surface area contributed by atoms with Crippen LogP contribution in [0.5, 0.6) is 0 Å². The normalized spacial score (nSPS) is 21.7. The number of aromatic nitrogens is 4. The number of rotatable bonds is 3. The van der Waals surface area contributed by atoms with E-state index in [1.807, 2.05) is 37.1 Å². The highest BCUT2D eigenvalue weighted by molar-refractivity contribution is 5.78. The van der Waals surface area contributed by atoms with Crippen molar-refractivity contribution in [2.45, 2.75) is 38.6 Å². The van der Waals surface area contributed by atoms with Gasteiger partial charge >= 0.3 is 0 Å². The van der Waals surface area contributed by atoms with Gasteiger partial charge in [0.1, 0.15) is 0 Å². The summed E-state index contributed by atoms with van der Waals surface area (Å²) in [6.45, 7) is 7.51. The molecule has 4 heterocycles. The molecule has 5 heteroatoms. The number of pyridine rings is 2. The maximum absolute atomic E-state index is 4.99. The predicted molar refractivity (Wildman–Crippen MR) is 99.3 cm³/mol. The summed E-state index contributed by atoms with van der Waals surface area (Å²) in [7, 11) is 1.98. The highest BCUT2D eigenvalue weighted by Crippen LogP contribution is 2.34. The van der Waals surface area contributed by atoms with E-state index in [1.165, 1.54) is 24.1 Å². The Kier molecular flexibility index (Phi) is 4.04. The summed E-state index contributed by atoms with van der Waals surface area (Å²) in [6.07, 6.45) is 6.17. The molecule has 4 rings (SSSR count). The average Bonchev–Trinajstić information content (AvgIpc) is 2.90. The molecule has 130 valence electrons. The Morgan fingerprint density at radius 3 is 2.92 bits per heavy atom. The van der Waals surface area contributed by atoms with Crippen LogP contribution in [0.2, 0.25) is 0 Å². The van der Waals surface area contributed by atoms with Crippen LogP contribution in [0, 0.1) is 6.92 Å². The van der Waals surface area contributed by atoms with Gasteiger partial charge in [-0.2, -0.15) is 5.10 Å². The number of nitrogens with zero attached hydrogens (tertiary/aromatic N) is 5. The fourth-order valence-corrected chi connectivity index (χ4v) is 4.08. The van der Waals surface area contributed by atoms with Crippen molar-refractivity contribution in [2.75, 3.05) is 13.1 Å². The number of piperidine rings is 1. The third kappa shape index (κ3) is 3.04. The van der Waals surface area contributed by atoms with Crippen molar-refractivity contribution in [1.29, 1.82) is 0 Å². The topological polar surface area (TPSA) is 46.8 Å². The van der Waals surface area contributed by atoms with Gasteiger partial charge in [0.2, 0.25) is 0 Å². The molecule has 0 N–H and O–H groups in total. The zero-order chi connectivity index (χ0) is 17.4. The summed E-state index contributed by atoms with van der Waals surface area (Å²) in [5, 5.41) is 5.66. The van der Waals surface area contributed by atoms with E-state index in [9.17, 15) is 0 Å². The van der Waals surface area contributed by atoms with Gasteiger partial charge in [-0.25, -0.2) is 4.98 Å². The zero-order valence-electron chi connectivity index (χ0n) is 15.2. The Hall–Kier alpha value is -2.27. The number of aryl methyl sites for hydroxylation is 2. The molecule has 1 aliphatic rings. The van der Waals surface area contributed by atoms with Gasteiger partial charge in [-0.05, 0) is 50.1 Å². The van der Waals surface area contributed by atoms with E-state index in [0.717, 1.165) is 36.4 Å². The summed E-state index contributed by atoms with van der Waals surface area (Å²) in [5.41, 5.74) is 4.56. The second kappa shape index (κ2) is 6.23. The van der Waals surface area contributed by atoms with Gasteiger partial charge in [-0.15, -0.1) is 0 Å². The minimum Gasteiger partial charge on any atom is -0.298 e. The van der Waals surface area contributed by atoms with Crippen molar-refractivity contribution < 1.29 is 0 Å². The first-order chi connectivity index (χ1) is 12.0. The summed E-state index contributed by atoms with van der Waals surface area (Å²) in [4.78, 5) is 11.8. The molecule has 1 saturated heterocycles. The molecular weight excluding hydrogens is 310 g/mol. The van der Waals surface area contributed by atoms with E-state index in [0.29, 0.717) is 0 Å². The van der Waals surface area contributed by atoms with Crippen molar-refractivity contribution >= 4 is 11.0 Å². The van der Waals surface area contributed by atoms with E-state index in [4.69, 9.17) is 4.98 Å². The van der Waals surface area contributed by atoms with Crippen LogP contribution < -0.4 is 0 Å². The monoisotopic (exact) mass is 335 g/mol. The van der Waals surface area contributed by atoms with Gasteiger partial charge in [-0.1, -0.05) is 13.0 Å². The van der Waals surface area contributed by atoms with E-state index < -0.39 is 0 Å². The van der Waals surface area contributed by atoms with Crippen molar-refractivity contribution in [3.05, 3.63) is 53.6 Å². The van der Waals surface area contributed by atoms with Crippen molar-refractivity contribution in [1.82, 2.24) is 24.6 Å². The number of likely N-dealkylation sites (tertiary alicyclic amines) is 1. The molecule has 0 radical (unpaired) electrons. The Morgan fingerprint density at radius 1 is 1.24 bits per heavy atom. The average molecular weight is 335 g/mol. The Labute approximate surface area is 148 Å². The second-order valence-electron chi connectivity index (χ2n) is 7.51. The fourth-order valence-electron chi connectivity index (χ4n) is 4.08. The molecule has 1 aliphatic heterocycles. The van der Waals surface area contributed by atoms with Gasteiger partial charge in [0, 0.05) is 43.3 Å². The second-order valence-corrected chi connectivity index (χ2v) is 7.51. The molecule has 3 aromatic rings. The first kappa shape index (κ1) is 16.2. The largest absolute Gasteiger partial charge is 0.298 e. The Morgan fingerprint density at radius 2 is 2.12 bits per heavy atom. The first-order valence-corrected chi connectivity index (χ1v) is 8.97. The van der Waals surface area contributed by atoms with Crippen molar-refractivity contribution in [2.24, 2.45) is 7.05 Å². The molecule has 0 saturated carbocycles. The van der Waals surface area contributed by atoms with Crippen LogP contribution in [0.15, 0.2) is 36.7 Å². The van der Waals surface area contributed by atoms with Crippen LogP contribution in [-0.4, -0.2) is 37.7 Å². The molecule has 0 aromatic carbocycles. The standard InChI is InChI=1S/C20H25N5/c1-15-17-7-8-18(22-19(17)24(3)23-15)20(2)9-5-11-25(14-20)13-16-6-4-10-21-12-16/h4,6-8,10,12H,5,9,11,13-14H2,1-3H3/t20-/m0/s1. The van der Waals surface area contributed by atoms with Crippen LogP contribution in [0.1, 0.15) is 36.7 Å². The Bertz CT molecular complexity index is 886. The van der Waals surface area contributed by atoms with Crippen molar-refractivity contribution in [3.8, 4) is 0 Å². The lowest BCUT2D eigenvalue weighted by molar-refractivity contribution is 0.147. The molecule has 1 atom stereocenters. The first-order valence-electron chi connectivity index (χ1n) is 8.97. The number of hydrogen-bond donors (Lipinski definition) is 0. The number of hydrogen-bond acceptors (Lipinski definition) is 4. The minimum atomic E-state index is 0.0762. The highest BCUT2D eigenvalue weighted by atomic mass is 15.3. The summed E-state index contributed by atoms with van der Waals surface area (Å²) < 4.78 is 1.90. The van der Waals surface area contributed by atoms with Gasteiger partial charge in [-0.3, -0.25) is 14.6 Å². The molecule has 3 aromatic heterocycles. The van der Waals surface area contributed by atoms with Gasteiger partial charge in [0.05, 0.1) is 11.4 Å². The molecular formula is C20H25N5. The minimum absolute atomic E-state index is 0.0762. The molecule has 0 amide bonds. The maximum atomic E-state index is 4.99. The van der Waals surface area contributed by atoms with Gasteiger partial charge in [0.15, 0.2) is 5.65 Å². The zero-order valence-corrected chi connectivity index (χ0v) is 15.2. The quantitative estimate of drug-likeness (QED) is 0.737. The Balaban J connectivity index is 1.61. The smallest absolute Gasteiger partial charge is 0.158 e. The molecule has 5 nitrogen and oxygen atoms in total. The lowest BCUT2D eigenvalue weighted by Crippen LogP contribution is -2.44. The highest BCUT2D eigenvalue weighted by Gasteiger charge is 2.34. The maximum Gasteiger partial charge on any atom is 0.158 e. The molecule has 25 heavy (non-hydrogen) atoms. The third-order valence-corrected chi connectivity index (χ3v) is 5.39. The molecule has 1 fully saturated rings. The third-order valence-electron chi connectivity index (χ3n) is 5.39. The van der Waals surface area contributed by atoms with E-state index in [1.54, 1.807) is 0 Å². The van der Waals surface area contributed by atoms with E-state index >= 15 is 0 Å². The molecule has 0 unspecified atom stereocenters. The molecule has 0 spiro atoms. The lowest BCUT2D eigenvalue weighted by Gasteiger charge is -2.40. The fraction of sp³-hybridized carbons (Fsp3) is 0.450. The summed E-state index contributed by atoms with van der Waals surface area (Å²) >= 11 is 0. The number of fused-ring (bicyclic) bond motifs is 1.